The molecule has 0 bridgehead atoms. The van der Waals surface area contributed by atoms with Crippen molar-refractivity contribution in [1.82, 2.24) is 15.6 Å². The summed E-state index contributed by atoms with van der Waals surface area (Å²) in [6, 6.07) is 9.41. The smallest absolute Gasteiger partial charge is 0.434 e. The number of ether oxygens (including phenoxy) is 1. The topological polar surface area (TPSA) is 58.5 Å². The first kappa shape index (κ1) is 22.5. The summed E-state index contributed by atoms with van der Waals surface area (Å²) in [5.41, 5.74) is -0.873. The lowest BCUT2D eigenvalue weighted by Crippen LogP contribution is -2.41. The molecule has 2 aromatic rings. The highest BCUT2D eigenvalue weighted by molar-refractivity contribution is 14.0. The Balaban J connectivity index is 0.00000338. The quantitative estimate of drug-likeness (QED) is 0.359. The molecule has 0 amide bonds. The summed E-state index contributed by atoms with van der Waals surface area (Å²) < 4.78 is 43.3. The summed E-state index contributed by atoms with van der Waals surface area (Å²) in [7, 11) is 1.58. The molecule has 5 nitrogen and oxygen atoms in total. The lowest BCUT2D eigenvalue weighted by Gasteiger charge is -2.17. The van der Waals surface area contributed by atoms with Crippen LogP contribution in [0.5, 0.6) is 5.75 Å². The van der Waals surface area contributed by atoms with E-state index >= 15 is 0 Å². The molecule has 10 heteroatoms. The normalized spacial score (nSPS) is 12.9. The Morgan fingerprint density at radius 3 is 2.54 bits per heavy atom. The number of guanidine groups is 1. The number of rotatable bonds is 6. The molecule has 1 unspecified atom stereocenters. The number of aliphatic imine (C=N–C) groups is 1. The molecule has 2 N–H and O–H groups in total. The standard InChI is InChI=1S/C16H19F3N4OS.HI/c1-11(24-12-6-4-3-5-7-12)8-21-15(20-2)22-9-14-23-13(10-25-14)16(17,18)19;/h3-7,10-11H,8-9H2,1-2H3,(H2,20,21,22);1H. The van der Waals surface area contributed by atoms with Crippen LogP contribution < -0.4 is 15.4 Å². The second-order valence-corrected chi connectivity index (χ2v) is 6.12. The van der Waals surface area contributed by atoms with Crippen LogP contribution in [0.4, 0.5) is 13.2 Å². The third-order valence-corrected chi connectivity index (χ3v) is 3.96. The third-order valence-electron chi connectivity index (χ3n) is 3.11. The Morgan fingerprint density at radius 2 is 1.96 bits per heavy atom. The second-order valence-electron chi connectivity index (χ2n) is 5.17. The highest BCUT2D eigenvalue weighted by Gasteiger charge is 2.33. The van der Waals surface area contributed by atoms with Gasteiger partial charge in [-0.05, 0) is 19.1 Å². The maximum absolute atomic E-state index is 12.5. The fourth-order valence-electron chi connectivity index (χ4n) is 1.92. The molecule has 0 aliphatic carbocycles. The lowest BCUT2D eigenvalue weighted by atomic mass is 10.3. The number of hydrogen-bond acceptors (Lipinski definition) is 4. The van der Waals surface area contributed by atoms with Crippen molar-refractivity contribution in [3.63, 3.8) is 0 Å². The second kappa shape index (κ2) is 10.6. The van der Waals surface area contributed by atoms with Crippen LogP contribution in [0.3, 0.4) is 0 Å². The van der Waals surface area contributed by atoms with E-state index < -0.39 is 11.9 Å². The molecule has 1 atom stereocenters. The van der Waals surface area contributed by atoms with Gasteiger partial charge in [0.25, 0.3) is 0 Å². The predicted molar refractivity (Wildman–Crippen MR) is 107 cm³/mol. The van der Waals surface area contributed by atoms with Crippen LogP contribution in [-0.4, -0.2) is 30.6 Å². The Hall–Kier alpha value is -1.56. The maximum atomic E-state index is 12.5. The van der Waals surface area contributed by atoms with Crippen LogP contribution in [0.2, 0.25) is 0 Å². The minimum Gasteiger partial charge on any atom is -0.489 e. The van der Waals surface area contributed by atoms with Crippen LogP contribution in [-0.2, 0) is 12.7 Å². The minimum atomic E-state index is -4.42. The van der Waals surface area contributed by atoms with E-state index in [4.69, 9.17) is 4.74 Å². The molecule has 0 spiro atoms. The molecule has 1 heterocycles. The van der Waals surface area contributed by atoms with E-state index in [1.54, 1.807) is 7.05 Å². The summed E-state index contributed by atoms with van der Waals surface area (Å²) in [5, 5.41) is 7.34. The molecular weight excluding hydrogens is 480 g/mol. The van der Waals surface area contributed by atoms with Crippen molar-refractivity contribution in [2.24, 2.45) is 4.99 Å². The first-order valence-corrected chi connectivity index (χ1v) is 8.44. The van der Waals surface area contributed by atoms with Crippen LogP contribution in [0.25, 0.3) is 0 Å². The number of thiazole rings is 1. The molecule has 0 saturated carbocycles. The average Bonchev–Trinajstić information content (AvgIpc) is 3.05. The number of benzene rings is 1. The van der Waals surface area contributed by atoms with Gasteiger partial charge in [-0.3, -0.25) is 4.99 Å². The minimum absolute atomic E-state index is 0. The summed E-state index contributed by atoms with van der Waals surface area (Å²) in [6.45, 7) is 2.55. The van der Waals surface area contributed by atoms with Crippen LogP contribution in [0.15, 0.2) is 40.7 Å². The molecule has 1 aromatic heterocycles. The number of nitrogens with one attached hydrogen (secondary N) is 2. The monoisotopic (exact) mass is 500 g/mol. The van der Waals surface area contributed by atoms with E-state index in [1.165, 1.54) is 0 Å². The van der Waals surface area contributed by atoms with Crippen molar-refractivity contribution in [2.75, 3.05) is 13.6 Å². The van der Waals surface area contributed by atoms with Gasteiger partial charge >= 0.3 is 6.18 Å². The van der Waals surface area contributed by atoms with E-state index in [-0.39, 0.29) is 36.6 Å². The molecule has 0 radical (unpaired) electrons. The van der Waals surface area contributed by atoms with Gasteiger partial charge in [-0.25, -0.2) is 4.98 Å². The van der Waals surface area contributed by atoms with Crippen LogP contribution in [0, 0.1) is 0 Å². The van der Waals surface area contributed by atoms with Gasteiger partial charge in [0.2, 0.25) is 0 Å². The van der Waals surface area contributed by atoms with Crippen molar-refractivity contribution in [1.29, 1.82) is 0 Å². The van der Waals surface area contributed by atoms with Gasteiger partial charge in [-0.2, -0.15) is 13.2 Å². The third kappa shape index (κ3) is 7.36. The number of para-hydroxylation sites is 1. The van der Waals surface area contributed by atoms with E-state index in [9.17, 15) is 13.2 Å². The Morgan fingerprint density at radius 1 is 1.27 bits per heavy atom. The number of aromatic nitrogens is 1. The fourth-order valence-corrected chi connectivity index (χ4v) is 2.66. The summed E-state index contributed by atoms with van der Waals surface area (Å²) in [6.07, 6.45) is -4.53. The number of nitrogens with zero attached hydrogens (tertiary/aromatic N) is 2. The van der Waals surface area contributed by atoms with Crippen molar-refractivity contribution in [3.8, 4) is 5.75 Å². The maximum Gasteiger partial charge on any atom is 0.434 e. The lowest BCUT2D eigenvalue weighted by molar-refractivity contribution is -0.140. The zero-order chi connectivity index (χ0) is 18.3. The first-order chi connectivity index (χ1) is 11.9. The van der Waals surface area contributed by atoms with Gasteiger partial charge in [0, 0.05) is 12.4 Å². The van der Waals surface area contributed by atoms with Gasteiger partial charge < -0.3 is 15.4 Å². The van der Waals surface area contributed by atoms with Gasteiger partial charge in [-0.15, -0.1) is 35.3 Å². The molecule has 0 aliphatic rings. The largest absolute Gasteiger partial charge is 0.489 e. The zero-order valence-corrected chi connectivity index (χ0v) is 17.4. The van der Waals surface area contributed by atoms with Crippen molar-refractivity contribution in [2.45, 2.75) is 25.7 Å². The van der Waals surface area contributed by atoms with Gasteiger partial charge in [0.1, 0.15) is 16.9 Å². The highest BCUT2D eigenvalue weighted by atomic mass is 127. The molecular formula is C16H20F3IN4OS. The summed E-state index contributed by atoms with van der Waals surface area (Å²) in [5.74, 6) is 1.23. The summed E-state index contributed by atoms with van der Waals surface area (Å²) in [4.78, 5) is 7.59. The zero-order valence-electron chi connectivity index (χ0n) is 14.2. The van der Waals surface area contributed by atoms with Crippen molar-refractivity contribution in [3.05, 3.63) is 46.4 Å². The van der Waals surface area contributed by atoms with Gasteiger partial charge in [0.15, 0.2) is 11.7 Å². The average molecular weight is 500 g/mol. The number of alkyl halides is 3. The molecule has 0 fully saturated rings. The Bertz CT molecular complexity index is 694. The van der Waals surface area contributed by atoms with Crippen LogP contribution in [0.1, 0.15) is 17.6 Å². The van der Waals surface area contributed by atoms with E-state index in [0.29, 0.717) is 17.5 Å². The Kier molecular flexibility index (Phi) is 9.13. The Labute approximate surface area is 171 Å². The van der Waals surface area contributed by atoms with Crippen LogP contribution >= 0.6 is 35.3 Å². The van der Waals surface area contributed by atoms with Gasteiger partial charge in [0.05, 0.1) is 13.1 Å². The number of hydrogen-bond donors (Lipinski definition) is 2. The van der Waals surface area contributed by atoms with Crippen molar-refractivity contribution >= 4 is 41.3 Å². The molecule has 144 valence electrons. The summed E-state index contributed by atoms with van der Waals surface area (Å²) >= 11 is 0.954. The van der Waals surface area contributed by atoms with Crippen molar-refractivity contribution < 1.29 is 17.9 Å². The molecule has 2 rings (SSSR count). The molecule has 0 aliphatic heterocycles. The van der Waals surface area contributed by atoms with Gasteiger partial charge in [-0.1, -0.05) is 18.2 Å². The van der Waals surface area contributed by atoms with E-state index in [1.807, 2.05) is 37.3 Å². The highest BCUT2D eigenvalue weighted by Crippen LogP contribution is 2.29. The molecule has 0 saturated heterocycles. The van der Waals surface area contributed by atoms with E-state index in [0.717, 1.165) is 22.5 Å². The molecule has 1 aromatic carbocycles. The first-order valence-electron chi connectivity index (χ1n) is 7.56. The number of halogens is 4. The molecule has 26 heavy (non-hydrogen) atoms. The predicted octanol–water partition coefficient (Wildman–Crippen LogP) is 3.91. The van der Waals surface area contributed by atoms with E-state index in [2.05, 4.69) is 20.6 Å². The fraction of sp³-hybridized carbons (Fsp3) is 0.375. The SMILES string of the molecule is CN=C(NCc1nc(C(F)(F)F)cs1)NCC(C)Oc1ccccc1.I.